The summed E-state index contributed by atoms with van der Waals surface area (Å²) >= 11 is 1.45. The van der Waals surface area contributed by atoms with Gasteiger partial charge in [0.1, 0.15) is 0 Å². The predicted octanol–water partition coefficient (Wildman–Crippen LogP) is 1.55. The molecular weight excluding hydrogens is 260 g/mol. The van der Waals surface area contributed by atoms with Gasteiger partial charge < -0.3 is 10.6 Å². The Bertz CT molecular complexity index is 376. The lowest BCUT2D eigenvalue weighted by Gasteiger charge is -2.29. The van der Waals surface area contributed by atoms with Crippen molar-refractivity contribution in [3.63, 3.8) is 0 Å². The SMILES string of the molecule is CCN(CC(=O)Nc1nccs1)CC1CCCCN1. The molecule has 1 aromatic rings. The van der Waals surface area contributed by atoms with Crippen molar-refractivity contribution in [3.8, 4) is 0 Å². The number of aromatic nitrogens is 1. The van der Waals surface area contributed by atoms with Crippen LogP contribution in [0.2, 0.25) is 0 Å². The summed E-state index contributed by atoms with van der Waals surface area (Å²) in [6.07, 6.45) is 5.47. The number of anilines is 1. The molecule has 0 saturated carbocycles. The van der Waals surface area contributed by atoms with Crippen LogP contribution in [0, 0.1) is 0 Å². The molecule has 19 heavy (non-hydrogen) atoms. The Labute approximate surface area is 118 Å². The second kappa shape index (κ2) is 7.57. The van der Waals surface area contributed by atoms with Crippen molar-refractivity contribution in [2.45, 2.75) is 32.2 Å². The van der Waals surface area contributed by atoms with Gasteiger partial charge in [0.25, 0.3) is 0 Å². The quantitative estimate of drug-likeness (QED) is 0.831. The summed E-state index contributed by atoms with van der Waals surface area (Å²) in [7, 11) is 0. The van der Waals surface area contributed by atoms with E-state index >= 15 is 0 Å². The number of carbonyl (C=O) groups is 1. The number of likely N-dealkylation sites (N-methyl/N-ethyl adjacent to an activating group) is 1. The highest BCUT2D eigenvalue weighted by atomic mass is 32.1. The first kappa shape index (κ1) is 14.4. The Morgan fingerprint density at radius 2 is 2.53 bits per heavy atom. The van der Waals surface area contributed by atoms with Gasteiger partial charge >= 0.3 is 0 Å². The Hall–Kier alpha value is -0.980. The summed E-state index contributed by atoms with van der Waals surface area (Å²) in [6, 6.07) is 0.529. The van der Waals surface area contributed by atoms with Gasteiger partial charge in [-0.05, 0) is 25.9 Å². The number of hydrogen-bond acceptors (Lipinski definition) is 5. The molecule has 0 radical (unpaired) electrons. The van der Waals surface area contributed by atoms with Gasteiger partial charge in [-0.25, -0.2) is 4.98 Å². The Morgan fingerprint density at radius 1 is 1.63 bits per heavy atom. The Balaban J connectivity index is 1.76. The number of amides is 1. The van der Waals surface area contributed by atoms with E-state index in [-0.39, 0.29) is 5.91 Å². The Kier molecular flexibility index (Phi) is 5.75. The van der Waals surface area contributed by atoms with Crippen LogP contribution in [0.4, 0.5) is 5.13 Å². The molecular formula is C13H22N4OS. The van der Waals surface area contributed by atoms with Gasteiger partial charge in [0.05, 0.1) is 6.54 Å². The van der Waals surface area contributed by atoms with Crippen LogP contribution in [0.5, 0.6) is 0 Å². The van der Waals surface area contributed by atoms with Gasteiger partial charge in [-0.1, -0.05) is 13.3 Å². The average molecular weight is 282 g/mol. The second-order valence-electron chi connectivity index (χ2n) is 4.86. The topological polar surface area (TPSA) is 57.3 Å². The molecule has 1 atom stereocenters. The molecule has 1 saturated heterocycles. The Morgan fingerprint density at radius 3 is 3.16 bits per heavy atom. The van der Waals surface area contributed by atoms with Crippen LogP contribution in [0.15, 0.2) is 11.6 Å². The molecule has 2 N–H and O–H groups in total. The molecule has 0 bridgehead atoms. The molecule has 6 heteroatoms. The van der Waals surface area contributed by atoms with Crippen molar-refractivity contribution in [1.29, 1.82) is 0 Å². The molecule has 5 nitrogen and oxygen atoms in total. The smallest absolute Gasteiger partial charge is 0.240 e. The summed E-state index contributed by atoms with van der Waals surface area (Å²) in [4.78, 5) is 18.2. The summed E-state index contributed by atoms with van der Waals surface area (Å²) in [6.45, 7) is 5.48. The van der Waals surface area contributed by atoms with E-state index in [1.807, 2.05) is 5.38 Å². The standard InChI is InChI=1S/C13H22N4OS/c1-2-17(9-11-5-3-4-6-14-11)10-12(18)16-13-15-7-8-19-13/h7-8,11,14H,2-6,9-10H2,1H3,(H,15,16,18). The van der Waals surface area contributed by atoms with E-state index < -0.39 is 0 Å². The number of nitrogens with one attached hydrogen (secondary N) is 2. The van der Waals surface area contributed by atoms with E-state index in [9.17, 15) is 4.79 Å². The van der Waals surface area contributed by atoms with Crippen LogP contribution < -0.4 is 10.6 Å². The molecule has 2 rings (SSSR count). The van der Waals surface area contributed by atoms with Crippen molar-refractivity contribution < 1.29 is 4.79 Å². The van der Waals surface area contributed by atoms with Crippen LogP contribution in [0.25, 0.3) is 0 Å². The normalized spacial score (nSPS) is 19.6. The molecule has 1 unspecified atom stereocenters. The second-order valence-corrected chi connectivity index (χ2v) is 5.75. The maximum atomic E-state index is 11.9. The molecule has 0 aliphatic carbocycles. The van der Waals surface area contributed by atoms with Crippen LogP contribution in [0.1, 0.15) is 26.2 Å². The molecule has 2 heterocycles. The zero-order valence-electron chi connectivity index (χ0n) is 11.4. The van der Waals surface area contributed by atoms with Crippen molar-refractivity contribution in [1.82, 2.24) is 15.2 Å². The molecule has 1 aliphatic heterocycles. The first-order chi connectivity index (χ1) is 9.28. The molecule has 106 valence electrons. The number of piperidine rings is 1. The lowest BCUT2D eigenvalue weighted by Crippen LogP contribution is -2.45. The van der Waals surface area contributed by atoms with Crippen LogP contribution in [-0.4, -0.2) is 48.0 Å². The monoisotopic (exact) mass is 282 g/mol. The minimum absolute atomic E-state index is 0.0209. The fourth-order valence-electron chi connectivity index (χ4n) is 2.34. The van der Waals surface area contributed by atoms with E-state index in [0.717, 1.165) is 19.6 Å². The van der Waals surface area contributed by atoms with Crippen molar-refractivity contribution in [2.75, 3.05) is 31.5 Å². The van der Waals surface area contributed by atoms with E-state index in [4.69, 9.17) is 0 Å². The summed E-state index contributed by atoms with van der Waals surface area (Å²) in [5, 5.41) is 8.89. The lowest BCUT2D eigenvalue weighted by molar-refractivity contribution is -0.117. The summed E-state index contributed by atoms with van der Waals surface area (Å²) in [5.74, 6) is 0.0209. The van der Waals surface area contributed by atoms with Gasteiger partial charge in [-0.2, -0.15) is 0 Å². The highest BCUT2D eigenvalue weighted by molar-refractivity contribution is 7.13. The summed E-state index contributed by atoms with van der Waals surface area (Å²) < 4.78 is 0. The van der Waals surface area contributed by atoms with E-state index in [1.54, 1.807) is 6.20 Å². The third-order valence-corrected chi connectivity index (χ3v) is 4.07. The summed E-state index contributed by atoms with van der Waals surface area (Å²) in [5.41, 5.74) is 0. The van der Waals surface area contributed by atoms with Crippen molar-refractivity contribution in [2.24, 2.45) is 0 Å². The molecule has 1 amide bonds. The van der Waals surface area contributed by atoms with Gasteiger partial charge in [0.15, 0.2) is 5.13 Å². The van der Waals surface area contributed by atoms with Gasteiger partial charge in [-0.15, -0.1) is 11.3 Å². The fourth-order valence-corrected chi connectivity index (χ4v) is 2.89. The lowest BCUT2D eigenvalue weighted by atomic mass is 10.0. The number of hydrogen-bond donors (Lipinski definition) is 2. The number of carbonyl (C=O) groups excluding carboxylic acids is 1. The molecule has 1 aliphatic rings. The number of rotatable bonds is 6. The van der Waals surface area contributed by atoms with E-state index in [1.165, 1.54) is 30.6 Å². The number of nitrogens with zero attached hydrogens (tertiary/aromatic N) is 2. The highest BCUT2D eigenvalue weighted by Crippen LogP contribution is 2.11. The molecule has 1 aromatic heterocycles. The molecule has 0 spiro atoms. The first-order valence-corrected chi connectivity index (χ1v) is 7.81. The van der Waals surface area contributed by atoms with Crippen molar-refractivity contribution in [3.05, 3.63) is 11.6 Å². The van der Waals surface area contributed by atoms with Crippen LogP contribution >= 0.6 is 11.3 Å². The molecule has 0 aromatic carbocycles. The van der Waals surface area contributed by atoms with E-state index in [0.29, 0.717) is 17.7 Å². The zero-order chi connectivity index (χ0) is 13.5. The maximum Gasteiger partial charge on any atom is 0.240 e. The largest absolute Gasteiger partial charge is 0.313 e. The third kappa shape index (κ3) is 4.89. The minimum Gasteiger partial charge on any atom is -0.313 e. The number of thiazole rings is 1. The average Bonchev–Trinajstić information content (AvgIpc) is 2.92. The fraction of sp³-hybridized carbons (Fsp3) is 0.692. The third-order valence-electron chi connectivity index (χ3n) is 3.38. The van der Waals surface area contributed by atoms with E-state index in [2.05, 4.69) is 27.4 Å². The zero-order valence-corrected chi connectivity index (χ0v) is 12.2. The first-order valence-electron chi connectivity index (χ1n) is 6.93. The van der Waals surface area contributed by atoms with Gasteiger partial charge in [0.2, 0.25) is 5.91 Å². The molecule has 1 fully saturated rings. The van der Waals surface area contributed by atoms with Crippen LogP contribution in [0.3, 0.4) is 0 Å². The maximum absolute atomic E-state index is 11.9. The minimum atomic E-state index is 0.0209. The van der Waals surface area contributed by atoms with Gasteiger partial charge in [-0.3, -0.25) is 9.69 Å². The van der Waals surface area contributed by atoms with Crippen LogP contribution in [-0.2, 0) is 4.79 Å². The highest BCUT2D eigenvalue weighted by Gasteiger charge is 2.17. The van der Waals surface area contributed by atoms with Crippen molar-refractivity contribution >= 4 is 22.4 Å². The van der Waals surface area contributed by atoms with Gasteiger partial charge in [0, 0.05) is 24.2 Å². The predicted molar refractivity (Wildman–Crippen MR) is 78.5 cm³/mol.